The van der Waals surface area contributed by atoms with E-state index in [-0.39, 0.29) is 6.61 Å². The third kappa shape index (κ3) is 3.60. The van der Waals surface area contributed by atoms with Crippen molar-refractivity contribution in [3.8, 4) is 0 Å². The fourth-order valence-electron chi connectivity index (χ4n) is 3.54. The molecule has 2 heterocycles. The quantitative estimate of drug-likeness (QED) is 0.891. The van der Waals surface area contributed by atoms with Gasteiger partial charge >= 0.3 is 0 Å². The summed E-state index contributed by atoms with van der Waals surface area (Å²) in [6.45, 7) is 7.63. The smallest absolute Gasteiger partial charge is 0.0681 e. The van der Waals surface area contributed by atoms with E-state index < -0.39 is 0 Å². The number of likely N-dealkylation sites (tertiary alicyclic amines) is 2. The molecule has 0 bridgehead atoms. The monoisotopic (exact) mass is 274 g/mol. The van der Waals surface area contributed by atoms with Crippen molar-refractivity contribution in [1.29, 1.82) is 0 Å². The zero-order valence-electron chi connectivity index (χ0n) is 12.3. The molecule has 1 aromatic carbocycles. The van der Waals surface area contributed by atoms with E-state index in [0.29, 0.717) is 0 Å². The van der Waals surface area contributed by atoms with Crippen molar-refractivity contribution in [1.82, 2.24) is 9.80 Å². The Morgan fingerprint density at radius 3 is 2.35 bits per heavy atom. The zero-order chi connectivity index (χ0) is 13.8. The number of benzene rings is 1. The third-order valence-corrected chi connectivity index (χ3v) is 4.70. The highest BCUT2D eigenvalue weighted by Gasteiger charge is 2.25. The first-order valence-corrected chi connectivity index (χ1v) is 7.97. The number of rotatable bonds is 5. The van der Waals surface area contributed by atoms with Crippen LogP contribution in [0, 0.1) is 5.92 Å². The van der Waals surface area contributed by atoms with Crippen molar-refractivity contribution in [3.05, 3.63) is 35.4 Å². The highest BCUT2D eigenvalue weighted by Crippen LogP contribution is 2.21. The van der Waals surface area contributed by atoms with Crippen LogP contribution < -0.4 is 0 Å². The molecule has 1 unspecified atom stereocenters. The largest absolute Gasteiger partial charge is 0.392 e. The molecule has 2 fully saturated rings. The van der Waals surface area contributed by atoms with E-state index in [2.05, 4.69) is 21.9 Å². The average molecular weight is 274 g/mol. The van der Waals surface area contributed by atoms with Crippen LogP contribution in [0.4, 0.5) is 0 Å². The highest BCUT2D eigenvalue weighted by molar-refractivity contribution is 5.22. The van der Waals surface area contributed by atoms with Crippen LogP contribution in [0.2, 0.25) is 0 Å². The average Bonchev–Trinajstić information content (AvgIpc) is 3.12. The summed E-state index contributed by atoms with van der Waals surface area (Å²) < 4.78 is 0. The summed E-state index contributed by atoms with van der Waals surface area (Å²) in [7, 11) is 0. The van der Waals surface area contributed by atoms with Gasteiger partial charge < -0.3 is 10.0 Å². The summed E-state index contributed by atoms with van der Waals surface area (Å²) in [5.74, 6) is 0.866. The lowest BCUT2D eigenvalue weighted by Gasteiger charge is -2.20. The maximum absolute atomic E-state index is 9.07. The number of hydrogen-bond donors (Lipinski definition) is 1. The Hall–Kier alpha value is -0.900. The number of aliphatic hydroxyl groups excluding tert-OH is 1. The minimum Gasteiger partial charge on any atom is -0.392 e. The van der Waals surface area contributed by atoms with Gasteiger partial charge in [-0.2, -0.15) is 0 Å². The maximum atomic E-state index is 9.07. The van der Waals surface area contributed by atoms with Gasteiger partial charge in [-0.1, -0.05) is 24.3 Å². The van der Waals surface area contributed by atoms with Gasteiger partial charge in [-0.3, -0.25) is 4.90 Å². The molecule has 3 nitrogen and oxygen atoms in total. The second kappa shape index (κ2) is 6.70. The molecule has 0 amide bonds. The minimum absolute atomic E-state index is 0.141. The predicted octanol–water partition coefficient (Wildman–Crippen LogP) is 2.10. The van der Waals surface area contributed by atoms with Gasteiger partial charge in [0.05, 0.1) is 6.61 Å². The van der Waals surface area contributed by atoms with Gasteiger partial charge in [0.25, 0.3) is 0 Å². The van der Waals surface area contributed by atoms with Crippen LogP contribution in [0.5, 0.6) is 0 Å². The first-order chi connectivity index (χ1) is 9.83. The van der Waals surface area contributed by atoms with Crippen LogP contribution in [0.1, 0.15) is 30.4 Å². The summed E-state index contributed by atoms with van der Waals surface area (Å²) in [5, 5.41) is 9.07. The third-order valence-electron chi connectivity index (χ3n) is 4.70. The van der Waals surface area contributed by atoms with Crippen molar-refractivity contribution in [2.24, 2.45) is 5.92 Å². The molecule has 0 spiro atoms. The lowest BCUT2D eigenvalue weighted by Crippen LogP contribution is -2.28. The number of hydrogen-bond acceptors (Lipinski definition) is 3. The fourth-order valence-corrected chi connectivity index (χ4v) is 3.54. The summed E-state index contributed by atoms with van der Waals surface area (Å²) in [4.78, 5) is 5.22. The van der Waals surface area contributed by atoms with Gasteiger partial charge in [-0.25, -0.2) is 0 Å². The van der Waals surface area contributed by atoms with E-state index in [9.17, 15) is 0 Å². The van der Waals surface area contributed by atoms with Crippen molar-refractivity contribution >= 4 is 0 Å². The molecule has 2 saturated heterocycles. The lowest BCUT2D eigenvalue weighted by molar-refractivity contribution is 0.261. The zero-order valence-corrected chi connectivity index (χ0v) is 12.3. The molecule has 3 rings (SSSR count). The van der Waals surface area contributed by atoms with Gasteiger partial charge in [0.1, 0.15) is 0 Å². The van der Waals surface area contributed by atoms with Gasteiger partial charge in [0.15, 0.2) is 0 Å². The summed E-state index contributed by atoms with van der Waals surface area (Å²) in [6, 6.07) is 8.37. The second-order valence-electron chi connectivity index (χ2n) is 6.37. The molecule has 0 radical (unpaired) electrons. The molecule has 1 aromatic rings. The van der Waals surface area contributed by atoms with Crippen LogP contribution >= 0.6 is 0 Å². The Morgan fingerprint density at radius 2 is 1.65 bits per heavy atom. The highest BCUT2D eigenvalue weighted by atomic mass is 16.3. The van der Waals surface area contributed by atoms with Gasteiger partial charge in [-0.05, 0) is 55.9 Å². The lowest BCUT2D eigenvalue weighted by atomic mass is 10.1. The Kier molecular flexibility index (Phi) is 4.71. The van der Waals surface area contributed by atoms with E-state index in [4.69, 9.17) is 5.11 Å². The topological polar surface area (TPSA) is 26.7 Å². The van der Waals surface area contributed by atoms with E-state index >= 15 is 0 Å². The van der Waals surface area contributed by atoms with Crippen molar-refractivity contribution in [2.45, 2.75) is 32.4 Å². The standard InChI is InChI=1S/C17H26N2O/c20-14-16-5-3-15(4-6-16)11-19-10-7-17(13-19)12-18-8-1-2-9-18/h3-6,17,20H,1-2,7-14H2. The van der Waals surface area contributed by atoms with E-state index in [0.717, 1.165) is 18.0 Å². The summed E-state index contributed by atoms with van der Waals surface area (Å²) in [5.41, 5.74) is 2.37. The molecular formula is C17H26N2O. The molecule has 0 saturated carbocycles. The molecule has 1 atom stereocenters. The Labute approximate surface area is 122 Å². The SMILES string of the molecule is OCc1ccc(CN2CCC(CN3CCCC3)C2)cc1. The van der Waals surface area contributed by atoms with Crippen LogP contribution in [0.15, 0.2) is 24.3 Å². The molecule has 1 N–H and O–H groups in total. The Balaban J connectivity index is 1.46. The number of aliphatic hydroxyl groups is 1. The maximum Gasteiger partial charge on any atom is 0.0681 e. The van der Waals surface area contributed by atoms with E-state index in [1.165, 1.54) is 57.5 Å². The van der Waals surface area contributed by atoms with Gasteiger partial charge in [0, 0.05) is 19.6 Å². The number of nitrogens with zero attached hydrogens (tertiary/aromatic N) is 2. The summed E-state index contributed by atoms with van der Waals surface area (Å²) in [6.07, 6.45) is 4.15. The van der Waals surface area contributed by atoms with Gasteiger partial charge in [0.2, 0.25) is 0 Å². The molecule has 2 aliphatic rings. The molecular weight excluding hydrogens is 248 g/mol. The van der Waals surface area contributed by atoms with E-state index in [1.807, 2.05) is 12.1 Å². The molecule has 20 heavy (non-hydrogen) atoms. The van der Waals surface area contributed by atoms with Gasteiger partial charge in [-0.15, -0.1) is 0 Å². The predicted molar refractivity (Wildman–Crippen MR) is 81.4 cm³/mol. The first-order valence-electron chi connectivity index (χ1n) is 7.97. The van der Waals surface area contributed by atoms with Crippen molar-refractivity contribution in [3.63, 3.8) is 0 Å². The van der Waals surface area contributed by atoms with Crippen molar-refractivity contribution in [2.75, 3.05) is 32.7 Å². The minimum atomic E-state index is 0.141. The van der Waals surface area contributed by atoms with Crippen LogP contribution in [-0.2, 0) is 13.2 Å². The van der Waals surface area contributed by atoms with Crippen LogP contribution in [0.25, 0.3) is 0 Å². The van der Waals surface area contributed by atoms with Crippen LogP contribution in [0.3, 0.4) is 0 Å². The van der Waals surface area contributed by atoms with E-state index in [1.54, 1.807) is 0 Å². The molecule has 0 aromatic heterocycles. The second-order valence-corrected chi connectivity index (χ2v) is 6.37. The van der Waals surface area contributed by atoms with Crippen LogP contribution in [-0.4, -0.2) is 47.6 Å². The Bertz CT molecular complexity index is 412. The summed E-state index contributed by atoms with van der Waals surface area (Å²) >= 11 is 0. The molecule has 3 heteroatoms. The fraction of sp³-hybridized carbons (Fsp3) is 0.647. The molecule has 110 valence electrons. The Morgan fingerprint density at radius 1 is 0.950 bits per heavy atom. The molecule has 2 aliphatic heterocycles. The normalized spacial score (nSPS) is 24.6. The van der Waals surface area contributed by atoms with Crippen molar-refractivity contribution < 1.29 is 5.11 Å². The first kappa shape index (κ1) is 14.1. The molecule has 0 aliphatic carbocycles.